The molecule has 0 saturated carbocycles. The van der Waals surface area contributed by atoms with Crippen molar-refractivity contribution in [3.63, 3.8) is 0 Å². The minimum Gasteiger partial charge on any atom is -0.383 e. The molecule has 0 bridgehead atoms. The molecular weight excluding hydrogens is 268 g/mol. The third kappa shape index (κ3) is 5.95. The zero-order valence-electron chi connectivity index (χ0n) is 12.9. The van der Waals surface area contributed by atoms with E-state index in [4.69, 9.17) is 4.74 Å². The van der Waals surface area contributed by atoms with Gasteiger partial charge in [0.05, 0.1) is 12.6 Å². The summed E-state index contributed by atoms with van der Waals surface area (Å²) in [5.41, 5.74) is 1.56. The van der Waals surface area contributed by atoms with E-state index in [0.29, 0.717) is 12.3 Å². The summed E-state index contributed by atoms with van der Waals surface area (Å²) < 4.78 is 5.07. The van der Waals surface area contributed by atoms with E-state index in [1.165, 1.54) is 0 Å². The van der Waals surface area contributed by atoms with E-state index in [9.17, 15) is 9.59 Å². The molecule has 0 heterocycles. The standard InChI is InChI=1S/C16H24N2O3/c1-4-5-9-13(11-21-3)17-15(19)16(20)18-14-10-7-6-8-12(14)2/h6-8,10,13H,4-5,9,11H2,1-3H3,(H,17,19)(H,18,20)/t13-/m1/s1. The number of methoxy groups -OCH3 is 1. The van der Waals surface area contributed by atoms with E-state index in [1.54, 1.807) is 13.2 Å². The molecule has 1 rings (SSSR count). The Hall–Kier alpha value is -1.88. The average molecular weight is 292 g/mol. The van der Waals surface area contributed by atoms with Crippen LogP contribution in [0.5, 0.6) is 0 Å². The van der Waals surface area contributed by atoms with Crippen LogP contribution in [0.4, 0.5) is 5.69 Å². The van der Waals surface area contributed by atoms with Gasteiger partial charge in [-0.15, -0.1) is 0 Å². The van der Waals surface area contributed by atoms with Gasteiger partial charge in [0.25, 0.3) is 0 Å². The van der Waals surface area contributed by atoms with Gasteiger partial charge >= 0.3 is 11.8 Å². The maximum Gasteiger partial charge on any atom is 0.313 e. The summed E-state index contributed by atoms with van der Waals surface area (Å²) >= 11 is 0. The molecule has 2 N–H and O–H groups in total. The van der Waals surface area contributed by atoms with Gasteiger partial charge in [0, 0.05) is 12.8 Å². The molecule has 0 aromatic heterocycles. The summed E-state index contributed by atoms with van der Waals surface area (Å²) in [4.78, 5) is 23.8. The normalized spacial score (nSPS) is 11.8. The number of benzene rings is 1. The van der Waals surface area contributed by atoms with Crippen molar-refractivity contribution >= 4 is 17.5 Å². The summed E-state index contributed by atoms with van der Waals surface area (Å²) in [5.74, 6) is -1.28. The highest BCUT2D eigenvalue weighted by Crippen LogP contribution is 2.12. The molecule has 116 valence electrons. The first-order valence-corrected chi connectivity index (χ1v) is 7.24. The molecule has 0 saturated heterocycles. The highest BCUT2D eigenvalue weighted by atomic mass is 16.5. The number of ether oxygens (including phenoxy) is 1. The lowest BCUT2D eigenvalue weighted by Gasteiger charge is -2.17. The van der Waals surface area contributed by atoms with E-state index in [2.05, 4.69) is 17.6 Å². The molecule has 0 spiro atoms. The minimum absolute atomic E-state index is 0.134. The molecular formula is C16H24N2O3. The number of anilines is 1. The minimum atomic E-state index is -0.651. The topological polar surface area (TPSA) is 67.4 Å². The lowest BCUT2D eigenvalue weighted by atomic mass is 10.1. The monoisotopic (exact) mass is 292 g/mol. The van der Waals surface area contributed by atoms with Gasteiger partial charge < -0.3 is 15.4 Å². The molecule has 0 aliphatic rings. The van der Waals surface area contributed by atoms with Crippen LogP contribution in [0.1, 0.15) is 31.7 Å². The van der Waals surface area contributed by atoms with Crippen LogP contribution >= 0.6 is 0 Å². The van der Waals surface area contributed by atoms with Crippen LogP contribution in [-0.4, -0.2) is 31.6 Å². The lowest BCUT2D eigenvalue weighted by molar-refractivity contribution is -0.136. The smallest absolute Gasteiger partial charge is 0.313 e. The average Bonchev–Trinajstić information content (AvgIpc) is 2.47. The number of aryl methyl sites for hydroxylation is 1. The summed E-state index contributed by atoms with van der Waals surface area (Å²) in [7, 11) is 1.58. The SMILES string of the molecule is CCCC[C@H](COC)NC(=O)C(=O)Nc1ccccc1C. The molecule has 0 fully saturated rings. The van der Waals surface area contributed by atoms with Gasteiger partial charge in [-0.25, -0.2) is 0 Å². The summed E-state index contributed by atoms with van der Waals surface area (Å²) in [6, 6.07) is 7.21. The second-order valence-electron chi connectivity index (χ2n) is 5.04. The number of rotatable bonds is 7. The number of para-hydroxylation sites is 1. The van der Waals surface area contributed by atoms with E-state index in [-0.39, 0.29) is 6.04 Å². The second-order valence-corrected chi connectivity index (χ2v) is 5.04. The van der Waals surface area contributed by atoms with Crippen LogP contribution in [0.15, 0.2) is 24.3 Å². The zero-order chi connectivity index (χ0) is 15.7. The van der Waals surface area contributed by atoms with Crippen LogP contribution in [0, 0.1) is 6.92 Å². The maximum atomic E-state index is 11.9. The van der Waals surface area contributed by atoms with Gasteiger partial charge in [-0.3, -0.25) is 9.59 Å². The van der Waals surface area contributed by atoms with Crippen LogP contribution in [0.2, 0.25) is 0 Å². The van der Waals surface area contributed by atoms with Gasteiger partial charge in [-0.05, 0) is 25.0 Å². The molecule has 0 unspecified atom stereocenters. The van der Waals surface area contributed by atoms with Crippen molar-refractivity contribution in [1.29, 1.82) is 0 Å². The fourth-order valence-corrected chi connectivity index (χ4v) is 1.99. The predicted molar refractivity (Wildman–Crippen MR) is 83.1 cm³/mol. The maximum absolute atomic E-state index is 11.9. The molecule has 1 aromatic carbocycles. The Labute approximate surface area is 126 Å². The number of amides is 2. The fourth-order valence-electron chi connectivity index (χ4n) is 1.99. The van der Waals surface area contributed by atoms with Crippen LogP contribution in [0.3, 0.4) is 0 Å². The largest absolute Gasteiger partial charge is 0.383 e. The highest BCUT2D eigenvalue weighted by Gasteiger charge is 2.18. The molecule has 2 amide bonds. The Kier molecular flexibility index (Phi) is 7.46. The molecule has 1 aromatic rings. The van der Waals surface area contributed by atoms with Crippen LogP contribution in [0.25, 0.3) is 0 Å². The van der Waals surface area contributed by atoms with E-state index < -0.39 is 11.8 Å². The number of carbonyl (C=O) groups excluding carboxylic acids is 2. The molecule has 0 aliphatic carbocycles. The number of unbranched alkanes of at least 4 members (excludes halogenated alkanes) is 1. The third-order valence-corrected chi connectivity index (χ3v) is 3.21. The Balaban J connectivity index is 2.56. The molecule has 0 radical (unpaired) electrons. The van der Waals surface area contributed by atoms with E-state index in [0.717, 1.165) is 24.8 Å². The molecule has 1 atom stereocenters. The van der Waals surface area contributed by atoms with Gasteiger partial charge in [-0.2, -0.15) is 0 Å². The summed E-state index contributed by atoms with van der Waals surface area (Å²) in [6.45, 7) is 4.36. The Morgan fingerprint density at radius 2 is 1.95 bits per heavy atom. The number of carbonyl (C=O) groups is 2. The van der Waals surface area contributed by atoms with Gasteiger partial charge in [0.2, 0.25) is 0 Å². The Morgan fingerprint density at radius 3 is 2.57 bits per heavy atom. The molecule has 5 nitrogen and oxygen atoms in total. The number of hydrogen-bond donors (Lipinski definition) is 2. The van der Waals surface area contributed by atoms with Gasteiger partial charge in [0.15, 0.2) is 0 Å². The third-order valence-electron chi connectivity index (χ3n) is 3.21. The van der Waals surface area contributed by atoms with Gasteiger partial charge in [0.1, 0.15) is 0 Å². The van der Waals surface area contributed by atoms with Crippen molar-refractivity contribution in [2.45, 2.75) is 39.2 Å². The van der Waals surface area contributed by atoms with Crippen LogP contribution < -0.4 is 10.6 Å². The Morgan fingerprint density at radius 1 is 1.24 bits per heavy atom. The van der Waals surface area contributed by atoms with Crippen molar-refractivity contribution in [2.24, 2.45) is 0 Å². The summed E-state index contributed by atoms with van der Waals surface area (Å²) in [5, 5.41) is 5.34. The van der Waals surface area contributed by atoms with E-state index >= 15 is 0 Å². The number of nitrogens with one attached hydrogen (secondary N) is 2. The van der Waals surface area contributed by atoms with Gasteiger partial charge in [-0.1, -0.05) is 38.0 Å². The fraction of sp³-hybridized carbons (Fsp3) is 0.500. The quantitative estimate of drug-likeness (QED) is 0.757. The van der Waals surface area contributed by atoms with Crippen molar-refractivity contribution in [2.75, 3.05) is 19.0 Å². The summed E-state index contributed by atoms with van der Waals surface area (Å²) in [6.07, 6.45) is 2.81. The van der Waals surface area contributed by atoms with Crippen molar-refractivity contribution in [3.05, 3.63) is 29.8 Å². The van der Waals surface area contributed by atoms with Crippen molar-refractivity contribution in [3.8, 4) is 0 Å². The molecule has 5 heteroatoms. The first-order chi connectivity index (χ1) is 10.1. The first kappa shape index (κ1) is 17.2. The highest BCUT2D eigenvalue weighted by molar-refractivity contribution is 6.39. The second kappa shape index (κ2) is 9.13. The lowest BCUT2D eigenvalue weighted by Crippen LogP contribution is -2.43. The van der Waals surface area contributed by atoms with Crippen molar-refractivity contribution < 1.29 is 14.3 Å². The Bertz CT molecular complexity index is 474. The first-order valence-electron chi connectivity index (χ1n) is 7.24. The zero-order valence-corrected chi connectivity index (χ0v) is 12.9. The molecule has 0 aliphatic heterocycles. The van der Waals surface area contributed by atoms with E-state index in [1.807, 2.05) is 25.1 Å². The predicted octanol–water partition coefficient (Wildman–Crippen LogP) is 2.25. The molecule has 21 heavy (non-hydrogen) atoms. The van der Waals surface area contributed by atoms with Crippen molar-refractivity contribution in [1.82, 2.24) is 5.32 Å². The number of hydrogen-bond acceptors (Lipinski definition) is 3. The van der Waals surface area contributed by atoms with Crippen LogP contribution in [-0.2, 0) is 14.3 Å².